The van der Waals surface area contributed by atoms with E-state index in [1.807, 2.05) is 18.5 Å². The van der Waals surface area contributed by atoms with Gasteiger partial charge in [-0.3, -0.25) is 9.89 Å². The van der Waals surface area contributed by atoms with Crippen molar-refractivity contribution < 1.29 is 4.74 Å². The number of aliphatic imine (C=N–C) groups is 1. The van der Waals surface area contributed by atoms with Gasteiger partial charge in [0.15, 0.2) is 5.96 Å². The molecule has 1 N–H and O–H groups in total. The zero-order chi connectivity index (χ0) is 19.2. The summed E-state index contributed by atoms with van der Waals surface area (Å²) >= 11 is 0. The molecule has 8 nitrogen and oxygen atoms in total. The number of anilines is 1. The largest absolute Gasteiger partial charge is 0.381 e. The molecule has 9 heteroatoms. The van der Waals surface area contributed by atoms with Crippen LogP contribution >= 0.6 is 24.0 Å². The van der Waals surface area contributed by atoms with E-state index in [2.05, 4.69) is 36.9 Å². The van der Waals surface area contributed by atoms with Crippen molar-refractivity contribution in [3.63, 3.8) is 0 Å². The van der Waals surface area contributed by atoms with E-state index in [1.165, 1.54) is 12.8 Å². The van der Waals surface area contributed by atoms with Crippen LogP contribution in [0.15, 0.2) is 23.5 Å². The maximum Gasteiger partial charge on any atom is 0.225 e. The van der Waals surface area contributed by atoms with Crippen LogP contribution < -0.4 is 10.2 Å². The van der Waals surface area contributed by atoms with Crippen LogP contribution in [0.2, 0.25) is 0 Å². The second-order valence-corrected chi connectivity index (χ2v) is 8.09. The van der Waals surface area contributed by atoms with Crippen molar-refractivity contribution in [2.45, 2.75) is 19.8 Å². The third-order valence-electron chi connectivity index (χ3n) is 6.14. The van der Waals surface area contributed by atoms with Crippen molar-refractivity contribution in [1.29, 1.82) is 0 Å². The van der Waals surface area contributed by atoms with Gasteiger partial charge in [0.1, 0.15) is 0 Å². The zero-order valence-electron chi connectivity index (χ0n) is 17.4. The number of rotatable bonds is 5. The molecule has 3 saturated heterocycles. The summed E-state index contributed by atoms with van der Waals surface area (Å²) in [5, 5.41) is 3.49. The van der Waals surface area contributed by atoms with E-state index in [9.17, 15) is 0 Å². The van der Waals surface area contributed by atoms with Gasteiger partial charge in [0.25, 0.3) is 0 Å². The number of likely N-dealkylation sites (tertiary alicyclic amines) is 1. The van der Waals surface area contributed by atoms with Gasteiger partial charge in [-0.25, -0.2) is 9.97 Å². The fourth-order valence-corrected chi connectivity index (χ4v) is 4.44. The van der Waals surface area contributed by atoms with Crippen LogP contribution in [-0.2, 0) is 4.74 Å². The Labute approximate surface area is 191 Å². The van der Waals surface area contributed by atoms with Crippen molar-refractivity contribution in [1.82, 2.24) is 25.1 Å². The minimum absolute atomic E-state index is 0. The number of ether oxygens (including phenoxy) is 1. The summed E-state index contributed by atoms with van der Waals surface area (Å²) in [7, 11) is 0. The lowest BCUT2D eigenvalue weighted by Crippen LogP contribution is -2.48. The number of aromatic nitrogens is 2. The Morgan fingerprint density at radius 2 is 1.97 bits per heavy atom. The van der Waals surface area contributed by atoms with Gasteiger partial charge >= 0.3 is 0 Å². The molecule has 0 aliphatic carbocycles. The highest BCUT2D eigenvalue weighted by atomic mass is 127. The van der Waals surface area contributed by atoms with Crippen molar-refractivity contribution in [3.05, 3.63) is 18.5 Å². The lowest BCUT2D eigenvalue weighted by molar-refractivity contribution is 0.156. The Hall–Kier alpha value is -1.20. The van der Waals surface area contributed by atoms with Crippen molar-refractivity contribution in [2.24, 2.45) is 10.4 Å². The number of nitrogens with zero attached hydrogens (tertiary/aromatic N) is 6. The molecule has 0 aromatic carbocycles. The Morgan fingerprint density at radius 3 is 2.66 bits per heavy atom. The van der Waals surface area contributed by atoms with Crippen LogP contribution in [0.25, 0.3) is 0 Å². The second kappa shape index (κ2) is 10.7. The molecule has 3 fully saturated rings. The van der Waals surface area contributed by atoms with Gasteiger partial charge in [0.05, 0.1) is 13.2 Å². The van der Waals surface area contributed by atoms with Gasteiger partial charge in [-0.15, -0.1) is 24.0 Å². The molecule has 1 spiro atoms. The average molecular weight is 515 g/mol. The Kier molecular flexibility index (Phi) is 8.31. The second-order valence-electron chi connectivity index (χ2n) is 8.09. The third kappa shape index (κ3) is 5.69. The lowest BCUT2D eigenvalue weighted by atomic mass is 9.87. The van der Waals surface area contributed by atoms with Crippen LogP contribution in [0.4, 0.5) is 5.95 Å². The van der Waals surface area contributed by atoms with Crippen molar-refractivity contribution in [2.75, 3.05) is 77.0 Å². The molecule has 3 aliphatic rings. The quantitative estimate of drug-likeness (QED) is 0.360. The van der Waals surface area contributed by atoms with Crippen LogP contribution in [0, 0.1) is 5.41 Å². The zero-order valence-corrected chi connectivity index (χ0v) is 19.8. The summed E-state index contributed by atoms with van der Waals surface area (Å²) in [5.74, 6) is 1.91. The highest BCUT2D eigenvalue weighted by molar-refractivity contribution is 14.0. The number of halogens is 1. The number of hydrogen-bond acceptors (Lipinski definition) is 6. The molecule has 1 atom stereocenters. The van der Waals surface area contributed by atoms with Crippen LogP contribution in [0.5, 0.6) is 0 Å². The minimum Gasteiger partial charge on any atom is -0.381 e. The van der Waals surface area contributed by atoms with Crippen molar-refractivity contribution >= 4 is 35.9 Å². The van der Waals surface area contributed by atoms with Gasteiger partial charge in [0.2, 0.25) is 5.95 Å². The number of guanidine groups is 1. The topological polar surface area (TPSA) is 69.1 Å². The standard InChI is InChI=1S/C20H33N7O.HI/c1-2-21-18(27-9-4-20(16-27)5-15-28-17-20)24-8-10-25-11-13-26(14-12-25)19-22-6-3-7-23-19;/h3,6-7H,2,4-5,8-17H2,1H3,(H,21,24);1H. The molecule has 29 heavy (non-hydrogen) atoms. The van der Waals surface area contributed by atoms with Gasteiger partial charge in [-0.05, 0) is 25.8 Å². The SMILES string of the molecule is CCNC(=NCCN1CCN(c2ncccn2)CC1)N1CCC2(CCOC2)C1.I. The van der Waals surface area contributed by atoms with Gasteiger partial charge in [-0.2, -0.15) is 0 Å². The first kappa shape index (κ1) is 22.5. The fourth-order valence-electron chi connectivity index (χ4n) is 4.44. The minimum atomic E-state index is 0. The number of hydrogen-bond donors (Lipinski definition) is 1. The molecule has 0 radical (unpaired) electrons. The number of nitrogens with one attached hydrogen (secondary N) is 1. The maximum atomic E-state index is 5.66. The molecule has 0 saturated carbocycles. The highest BCUT2D eigenvalue weighted by Gasteiger charge is 2.42. The number of piperazine rings is 1. The smallest absolute Gasteiger partial charge is 0.225 e. The van der Waals surface area contributed by atoms with E-state index in [-0.39, 0.29) is 24.0 Å². The van der Waals surface area contributed by atoms with E-state index >= 15 is 0 Å². The Balaban J connectivity index is 0.00000240. The molecule has 4 heterocycles. The summed E-state index contributed by atoms with van der Waals surface area (Å²) in [6.07, 6.45) is 6.04. The first-order chi connectivity index (χ1) is 13.8. The summed E-state index contributed by atoms with van der Waals surface area (Å²) in [4.78, 5) is 20.8. The van der Waals surface area contributed by atoms with E-state index in [4.69, 9.17) is 9.73 Å². The molecule has 1 unspecified atom stereocenters. The molecular weight excluding hydrogens is 481 g/mol. The first-order valence-corrected chi connectivity index (χ1v) is 10.6. The van der Waals surface area contributed by atoms with E-state index in [0.717, 1.165) is 84.0 Å². The molecule has 0 bridgehead atoms. The monoisotopic (exact) mass is 515 g/mol. The Morgan fingerprint density at radius 1 is 1.17 bits per heavy atom. The van der Waals surface area contributed by atoms with E-state index < -0.39 is 0 Å². The van der Waals surface area contributed by atoms with Gasteiger partial charge < -0.3 is 19.9 Å². The Bertz CT molecular complexity index is 645. The first-order valence-electron chi connectivity index (χ1n) is 10.6. The van der Waals surface area contributed by atoms with Gasteiger partial charge in [-0.1, -0.05) is 0 Å². The molecule has 3 aliphatic heterocycles. The fraction of sp³-hybridized carbons (Fsp3) is 0.750. The van der Waals surface area contributed by atoms with Crippen LogP contribution in [0.3, 0.4) is 0 Å². The van der Waals surface area contributed by atoms with Crippen molar-refractivity contribution in [3.8, 4) is 0 Å². The summed E-state index contributed by atoms with van der Waals surface area (Å²) in [6.45, 7) is 12.9. The van der Waals surface area contributed by atoms with Crippen LogP contribution in [0.1, 0.15) is 19.8 Å². The normalized spacial score (nSPS) is 25.5. The van der Waals surface area contributed by atoms with Gasteiger partial charge in [0, 0.05) is 76.8 Å². The molecule has 0 amide bonds. The lowest BCUT2D eigenvalue weighted by Gasteiger charge is -2.34. The summed E-state index contributed by atoms with van der Waals surface area (Å²) in [5.41, 5.74) is 0.367. The van der Waals surface area contributed by atoms with E-state index in [0.29, 0.717) is 5.41 Å². The highest BCUT2D eigenvalue weighted by Crippen LogP contribution is 2.38. The molecule has 1 aromatic heterocycles. The average Bonchev–Trinajstić information content (AvgIpc) is 3.38. The predicted octanol–water partition coefficient (Wildman–Crippen LogP) is 1.29. The summed E-state index contributed by atoms with van der Waals surface area (Å²) < 4.78 is 5.66. The molecule has 162 valence electrons. The third-order valence-corrected chi connectivity index (χ3v) is 6.14. The predicted molar refractivity (Wildman–Crippen MR) is 126 cm³/mol. The van der Waals surface area contributed by atoms with E-state index in [1.54, 1.807) is 0 Å². The maximum absolute atomic E-state index is 5.66. The van der Waals surface area contributed by atoms with Crippen LogP contribution in [-0.4, -0.2) is 97.8 Å². The molecular formula is C20H34IN7O. The molecule has 1 aromatic rings. The summed E-state index contributed by atoms with van der Waals surface area (Å²) in [6, 6.07) is 1.86. The molecule has 4 rings (SSSR count).